The Morgan fingerprint density at radius 1 is 1.21 bits per heavy atom. The molecule has 0 aliphatic carbocycles. The molecule has 1 N–H and O–H groups in total. The highest BCUT2D eigenvalue weighted by Gasteiger charge is 2.24. The summed E-state index contributed by atoms with van der Waals surface area (Å²) in [5.41, 5.74) is 2.06. The fraction of sp³-hybridized carbons (Fsp3) is 0.278. The van der Waals surface area contributed by atoms with E-state index in [1.807, 2.05) is 6.07 Å². The molecule has 1 atom stereocenters. The van der Waals surface area contributed by atoms with Gasteiger partial charge in [0.1, 0.15) is 11.9 Å². The second-order valence-electron chi connectivity index (χ2n) is 5.79. The van der Waals surface area contributed by atoms with Crippen molar-refractivity contribution < 1.29 is 4.39 Å². The van der Waals surface area contributed by atoms with Crippen molar-refractivity contribution in [3.05, 3.63) is 63.4 Å². The second kappa shape index (κ2) is 7.40. The van der Waals surface area contributed by atoms with E-state index in [9.17, 15) is 4.39 Å². The van der Waals surface area contributed by atoms with Gasteiger partial charge in [0.05, 0.1) is 10.6 Å². The van der Waals surface area contributed by atoms with Crippen molar-refractivity contribution in [1.82, 2.24) is 5.32 Å². The van der Waals surface area contributed by atoms with Gasteiger partial charge in [-0.15, -0.1) is 0 Å². The molecular formula is C18H16Cl2FN3. The van der Waals surface area contributed by atoms with Gasteiger partial charge in [0.15, 0.2) is 0 Å². The number of nitriles is 1. The minimum atomic E-state index is -0.309. The van der Waals surface area contributed by atoms with E-state index < -0.39 is 0 Å². The number of hydrogen-bond acceptors (Lipinski definition) is 3. The third-order valence-electron chi connectivity index (χ3n) is 4.23. The van der Waals surface area contributed by atoms with Crippen LogP contribution >= 0.6 is 23.2 Å². The molecule has 0 spiro atoms. The lowest BCUT2D eigenvalue weighted by Gasteiger charge is -2.31. The molecule has 1 aliphatic rings. The van der Waals surface area contributed by atoms with Crippen LogP contribution in [0.3, 0.4) is 0 Å². The lowest BCUT2D eigenvalue weighted by Crippen LogP contribution is -2.36. The largest absolute Gasteiger partial charge is 0.363 e. The summed E-state index contributed by atoms with van der Waals surface area (Å²) in [5.74, 6) is -0.309. The minimum absolute atomic E-state index is 0.258. The number of nitrogens with one attached hydrogen (secondary N) is 1. The normalized spacial score (nSPS) is 16.8. The maximum Gasteiger partial charge on any atom is 0.123 e. The van der Waals surface area contributed by atoms with Crippen LogP contribution in [0.2, 0.25) is 10.0 Å². The molecule has 3 rings (SSSR count). The summed E-state index contributed by atoms with van der Waals surface area (Å²) in [6.45, 7) is 2.25. The molecule has 124 valence electrons. The smallest absolute Gasteiger partial charge is 0.123 e. The van der Waals surface area contributed by atoms with Crippen LogP contribution in [0.25, 0.3) is 0 Å². The van der Waals surface area contributed by atoms with Crippen LogP contribution in [-0.2, 0) is 6.54 Å². The fourth-order valence-electron chi connectivity index (χ4n) is 2.96. The molecule has 3 nitrogen and oxygen atoms in total. The topological polar surface area (TPSA) is 39.1 Å². The molecule has 0 saturated carbocycles. The molecule has 0 radical (unpaired) electrons. The van der Waals surface area contributed by atoms with Crippen molar-refractivity contribution in [3.8, 4) is 6.07 Å². The van der Waals surface area contributed by atoms with Crippen LogP contribution in [-0.4, -0.2) is 19.1 Å². The summed E-state index contributed by atoms with van der Waals surface area (Å²) in [5, 5.41) is 13.3. The summed E-state index contributed by atoms with van der Waals surface area (Å²) in [7, 11) is 0. The van der Waals surface area contributed by atoms with Crippen LogP contribution in [0.15, 0.2) is 36.4 Å². The van der Waals surface area contributed by atoms with Gasteiger partial charge in [-0.1, -0.05) is 23.2 Å². The van der Waals surface area contributed by atoms with E-state index in [0.29, 0.717) is 22.2 Å². The molecule has 6 heteroatoms. The van der Waals surface area contributed by atoms with Crippen LogP contribution in [0.5, 0.6) is 0 Å². The zero-order valence-electron chi connectivity index (χ0n) is 12.9. The van der Waals surface area contributed by atoms with Crippen LogP contribution in [0, 0.1) is 17.1 Å². The summed E-state index contributed by atoms with van der Waals surface area (Å²) < 4.78 is 13.6. The van der Waals surface area contributed by atoms with Gasteiger partial charge in [0.25, 0.3) is 0 Å². The molecule has 0 amide bonds. The van der Waals surface area contributed by atoms with Crippen molar-refractivity contribution >= 4 is 28.9 Å². The van der Waals surface area contributed by atoms with E-state index in [4.69, 9.17) is 28.5 Å². The maximum absolute atomic E-state index is 13.6. The van der Waals surface area contributed by atoms with Crippen molar-refractivity contribution in [2.45, 2.75) is 19.0 Å². The Morgan fingerprint density at radius 2 is 2.04 bits per heavy atom. The average Bonchev–Trinajstić information content (AvgIpc) is 3.09. The van der Waals surface area contributed by atoms with E-state index in [2.05, 4.69) is 16.3 Å². The molecule has 2 aromatic rings. The van der Waals surface area contributed by atoms with Gasteiger partial charge in [0.2, 0.25) is 0 Å². The molecule has 0 bridgehead atoms. The van der Waals surface area contributed by atoms with Gasteiger partial charge < -0.3 is 10.2 Å². The first-order valence-corrected chi connectivity index (χ1v) is 8.45. The Hall–Kier alpha value is -1.80. The number of nitrogens with zero attached hydrogens (tertiary/aromatic N) is 2. The van der Waals surface area contributed by atoms with Crippen molar-refractivity contribution in [1.29, 1.82) is 5.26 Å². The van der Waals surface area contributed by atoms with Crippen molar-refractivity contribution in [2.24, 2.45) is 0 Å². The Kier molecular flexibility index (Phi) is 5.25. The quantitative estimate of drug-likeness (QED) is 0.876. The fourth-order valence-corrected chi connectivity index (χ4v) is 3.35. The highest BCUT2D eigenvalue weighted by molar-refractivity contribution is 6.32. The number of anilines is 1. The first kappa shape index (κ1) is 17.0. The number of halogens is 3. The molecular weight excluding hydrogens is 348 g/mol. The standard InChI is InChI=1S/C18H16Cl2FN3/c19-17-4-2-14(21)7-13(17)11-24(16-5-6-23-10-16)15-3-1-12(9-22)18(20)8-15/h1-4,7-8,16,23H,5-6,10-11H2/t16-/m0/s1. The van der Waals surface area contributed by atoms with Gasteiger partial charge in [-0.05, 0) is 54.9 Å². The predicted octanol–water partition coefficient (Wildman–Crippen LogP) is 4.37. The summed E-state index contributed by atoms with van der Waals surface area (Å²) in [4.78, 5) is 2.16. The van der Waals surface area contributed by atoms with E-state index in [-0.39, 0.29) is 11.9 Å². The molecule has 2 aromatic carbocycles. The van der Waals surface area contributed by atoms with Gasteiger partial charge in [-0.25, -0.2) is 4.39 Å². The first-order valence-electron chi connectivity index (χ1n) is 7.69. The lowest BCUT2D eigenvalue weighted by atomic mass is 10.1. The Labute approximate surface area is 150 Å². The average molecular weight is 364 g/mol. The van der Waals surface area contributed by atoms with Crippen LogP contribution in [0.4, 0.5) is 10.1 Å². The van der Waals surface area contributed by atoms with Gasteiger partial charge >= 0.3 is 0 Å². The van der Waals surface area contributed by atoms with E-state index in [1.54, 1.807) is 18.2 Å². The second-order valence-corrected chi connectivity index (χ2v) is 6.60. The number of hydrogen-bond donors (Lipinski definition) is 1. The zero-order chi connectivity index (χ0) is 17.1. The Bertz CT molecular complexity index is 782. The van der Waals surface area contributed by atoms with Gasteiger partial charge in [-0.2, -0.15) is 5.26 Å². The summed E-state index contributed by atoms with van der Waals surface area (Å²) >= 11 is 12.4. The lowest BCUT2D eigenvalue weighted by molar-refractivity contribution is 0.613. The molecule has 1 heterocycles. The maximum atomic E-state index is 13.6. The highest BCUT2D eigenvalue weighted by Crippen LogP contribution is 2.29. The molecule has 0 unspecified atom stereocenters. The Morgan fingerprint density at radius 3 is 2.71 bits per heavy atom. The molecule has 1 saturated heterocycles. The monoisotopic (exact) mass is 363 g/mol. The van der Waals surface area contributed by atoms with E-state index >= 15 is 0 Å². The number of rotatable bonds is 4. The molecule has 0 aromatic heterocycles. The third-order valence-corrected chi connectivity index (χ3v) is 4.91. The van der Waals surface area contributed by atoms with Crippen LogP contribution < -0.4 is 10.2 Å². The van der Waals surface area contributed by atoms with E-state index in [0.717, 1.165) is 30.8 Å². The predicted molar refractivity (Wildman–Crippen MR) is 95.0 cm³/mol. The van der Waals surface area contributed by atoms with Crippen molar-refractivity contribution in [2.75, 3.05) is 18.0 Å². The first-order chi connectivity index (χ1) is 11.6. The van der Waals surface area contributed by atoms with Crippen molar-refractivity contribution in [3.63, 3.8) is 0 Å². The van der Waals surface area contributed by atoms with Gasteiger partial charge in [0, 0.05) is 29.8 Å². The minimum Gasteiger partial charge on any atom is -0.363 e. The Balaban J connectivity index is 1.96. The highest BCUT2D eigenvalue weighted by atomic mass is 35.5. The molecule has 1 aliphatic heterocycles. The van der Waals surface area contributed by atoms with E-state index in [1.165, 1.54) is 12.1 Å². The SMILES string of the molecule is N#Cc1ccc(N(Cc2cc(F)ccc2Cl)[C@H]2CCNC2)cc1Cl. The number of benzene rings is 2. The third kappa shape index (κ3) is 3.64. The van der Waals surface area contributed by atoms with Gasteiger partial charge in [-0.3, -0.25) is 0 Å². The molecule has 24 heavy (non-hydrogen) atoms. The zero-order valence-corrected chi connectivity index (χ0v) is 14.4. The summed E-state index contributed by atoms with van der Waals surface area (Å²) in [6.07, 6.45) is 0.977. The molecule has 1 fully saturated rings. The van der Waals surface area contributed by atoms with Crippen LogP contribution in [0.1, 0.15) is 17.5 Å². The summed E-state index contributed by atoms with van der Waals surface area (Å²) in [6, 6.07) is 12.1.